The predicted molar refractivity (Wildman–Crippen MR) is 113 cm³/mol. The molecule has 0 fully saturated rings. The molecule has 5 rings (SSSR count). The maximum absolute atomic E-state index is 12.8. The number of aromatic nitrogens is 2. The van der Waals surface area contributed by atoms with Crippen LogP contribution >= 0.6 is 11.3 Å². The van der Waals surface area contributed by atoms with Crippen LogP contribution in [0.3, 0.4) is 0 Å². The number of H-pyrrole nitrogens is 1. The third-order valence-electron chi connectivity index (χ3n) is 5.05. The number of non-ortho nitro benzene ring substituents is 1. The fraction of sp³-hybridized carbons (Fsp3) is 0.0476. The van der Waals surface area contributed by atoms with Crippen molar-refractivity contribution in [2.75, 3.05) is 0 Å². The van der Waals surface area contributed by atoms with E-state index in [0.717, 1.165) is 22.1 Å². The van der Waals surface area contributed by atoms with Crippen LogP contribution < -0.4 is 5.56 Å². The van der Waals surface area contributed by atoms with Gasteiger partial charge < -0.3 is 4.98 Å². The minimum atomic E-state index is -0.664. The van der Waals surface area contributed by atoms with Gasteiger partial charge in [-0.05, 0) is 11.6 Å². The number of hydrogen-bond acceptors (Lipinski definition) is 7. The molecule has 152 valence electrons. The SMILES string of the molecule is O=C1c2ccc([N+](=O)[O-])cc2C(=O)N1Cc1nc2scc(-c3ccccc3)c2c(=O)[nH]1. The molecule has 2 aromatic carbocycles. The molecular formula is C21H12N4O5S. The lowest BCUT2D eigenvalue weighted by molar-refractivity contribution is -0.384. The van der Waals surface area contributed by atoms with Gasteiger partial charge in [0.15, 0.2) is 0 Å². The Bertz CT molecular complexity index is 1460. The van der Waals surface area contributed by atoms with Gasteiger partial charge in [0.2, 0.25) is 0 Å². The molecule has 0 spiro atoms. The van der Waals surface area contributed by atoms with E-state index in [1.165, 1.54) is 23.5 Å². The number of benzene rings is 2. The number of amides is 2. The molecule has 0 saturated heterocycles. The minimum Gasteiger partial charge on any atom is -0.308 e. The van der Waals surface area contributed by atoms with Gasteiger partial charge in [-0.15, -0.1) is 11.3 Å². The molecule has 0 atom stereocenters. The largest absolute Gasteiger partial charge is 0.308 e. The molecule has 3 heterocycles. The smallest absolute Gasteiger partial charge is 0.270 e. The van der Waals surface area contributed by atoms with Gasteiger partial charge >= 0.3 is 0 Å². The summed E-state index contributed by atoms with van der Waals surface area (Å²) in [7, 11) is 0. The highest BCUT2D eigenvalue weighted by Crippen LogP contribution is 2.31. The summed E-state index contributed by atoms with van der Waals surface area (Å²) in [5.74, 6) is -1.10. The molecule has 0 unspecified atom stereocenters. The van der Waals surface area contributed by atoms with Crippen molar-refractivity contribution >= 4 is 39.1 Å². The van der Waals surface area contributed by atoms with E-state index in [4.69, 9.17) is 0 Å². The van der Waals surface area contributed by atoms with Crippen molar-refractivity contribution in [3.05, 3.63) is 91.3 Å². The van der Waals surface area contributed by atoms with Crippen LogP contribution in [0.2, 0.25) is 0 Å². The number of hydrogen-bond donors (Lipinski definition) is 1. The second-order valence-electron chi connectivity index (χ2n) is 6.89. The number of nitrogens with zero attached hydrogens (tertiary/aromatic N) is 3. The lowest BCUT2D eigenvalue weighted by Crippen LogP contribution is -2.30. The van der Waals surface area contributed by atoms with Crippen LogP contribution in [0.5, 0.6) is 0 Å². The number of thiophene rings is 1. The Morgan fingerprint density at radius 2 is 1.74 bits per heavy atom. The Kier molecular flexibility index (Phi) is 4.22. The second-order valence-corrected chi connectivity index (χ2v) is 7.75. The Morgan fingerprint density at radius 1 is 1.00 bits per heavy atom. The zero-order valence-corrected chi connectivity index (χ0v) is 16.5. The van der Waals surface area contributed by atoms with Gasteiger partial charge in [-0.1, -0.05) is 30.3 Å². The summed E-state index contributed by atoms with van der Waals surface area (Å²) in [4.78, 5) is 57.0. The summed E-state index contributed by atoms with van der Waals surface area (Å²) < 4.78 is 0. The molecule has 0 aliphatic carbocycles. The number of nitro benzene ring substituents is 1. The summed E-state index contributed by atoms with van der Waals surface area (Å²) >= 11 is 1.29. The molecule has 2 amide bonds. The standard InChI is InChI=1S/C21H12N4O5S/c26-18-17-15(11-4-2-1-3-5-11)10-31-19(17)23-16(22-18)9-24-20(27)13-7-6-12(25(29)30)8-14(13)21(24)28/h1-8,10H,9H2,(H,22,23,26). The van der Waals surface area contributed by atoms with Crippen LogP contribution in [0, 0.1) is 10.1 Å². The molecule has 9 nitrogen and oxygen atoms in total. The summed E-state index contributed by atoms with van der Waals surface area (Å²) in [6.07, 6.45) is 0. The van der Waals surface area contributed by atoms with Crippen molar-refractivity contribution < 1.29 is 14.5 Å². The van der Waals surface area contributed by atoms with Gasteiger partial charge in [-0.3, -0.25) is 29.4 Å². The van der Waals surface area contributed by atoms with E-state index in [2.05, 4.69) is 9.97 Å². The highest BCUT2D eigenvalue weighted by Gasteiger charge is 2.37. The van der Waals surface area contributed by atoms with Crippen LogP contribution in [0.1, 0.15) is 26.5 Å². The van der Waals surface area contributed by atoms with Crippen LogP contribution in [0.25, 0.3) is 21.3 Å². The number of carbonyl (C=O) groups is 2. The van der Waals surface area contributed by atoms with Crippen LogP contribution in [-0.4, -0.2) is 31.6 Å². The Labute approximate surface area is 177 Å². The summed E-state index contributed by atoms with van der Waals surface area (Å²) in [6.45, 7) is -0.246. The zero-order valence-electron chi connectivity index (χ0n) is 15.7. The molecule has 0 saturated carbocycles. The number of rotatable bonds is 4. The first-order chi connectivity index (χ1) is 14.9. The quantitative estimate of drug-likeness (QED) is 0.299. The van der Waals surface area contributed by atoms with Gasteiger partial charge in [-0.2, -0.15) is 0 Å². The fourth-order valence-corrected chi connectivity index (χ4v) is 4.55. The third-order valence-corrected chi connectivity index (χ3v) is 5.92. The number of aromatic amines is 1. The van der Waals surface area contributed by atoms with Crippen molar-refractivity contribution in [3.63, 3.8) is 0 Å². The summed E-state index contributed by atoms with van der Waals surface area (Å²) in [5.41, 5.74) is 1.05. The fourth-order valence-electron chi connectivity index (χ4n) is 3.58. The van der Waals surface area contributed by atoms with E-state index >= 15 is 0 Å². The second kappa shape index (κ2) is 6.96. The Balaban J connectivity index is 1.50. The summed E-state index contributed by atoms with van der Waals surface area (Å²) in [6, 6.07) is 13.0. The molecule has 0 bridgehead atoms. The van der Waals surface area contributed by atoms with Crippen LogP contribution in [0.4, 0.5) is 5.69 Å². The molecule has 10 heteroatoms. The molecule has 2 aromatic heterocycles. The minimum absolute atomic E-state index is 0.0369. The maximum Gasteiger partial charge on any atom is 0.270 e. The van der Waals surface area contributed by atoms with E-state index in [9.17, 15) is 24.5 Å². The predicted octanol–water partition coefficient (Wildman–Crippen LogP) is 3.36. The van der Waals surface area contributed by atoms with Crippen molar-refractivity contribution in [1.82, 2.24) is 14.9 Å². The summed E-state index contributed by atoms with van der Waals surface area (Å²) in [5, 5.41) is 13.3. The van der Waals surface area contributed by atoms with Gasteiger partial charge in [0.05, 0.1) is 28.0 Å². The van der Waals surface area contributed by atoms with E-state index in [1.54, 1.807) is 0 Å². The average molecular weight is 432 g/mol. The third kappa shape index (κ3) is 3.01. The van der Waals surface area contributed by atoms with E-state index in [-0.39, 0.29) is 34.7 Å². The monoisotopic (exact) mass is 432 g/mol. The van der Waals surface area contributed by atoms with Crippen LogP contribution in [-0.2, 0) is 6.54 Å². The van der Waals surface area contributed by atoms with Gasteiger partial charge in [-0.25, -0.2) is 4.98 Å². The zero-order chi connectivity index (χ0) is 21.7. The van der Waals surface area contributed by atoms with E-state index in [0.29, 0.717) is 10.2 Å². The number of carbonyl (C=O) groups excluding carboxylic acids is 2. The number of fused-ring (bicyclic) bond motifs is 2. The van der Waals surface area contributed by atoms with Crippen molar-refractivity contribution in [1.29, 1.82) is 0 Å². The first kappa shape index (κ1) is 18.8. The molecule has 1 aliphatic heterocycles. The molecule has 0 radical (unpaired) electrons. The molecule has 1 N–H and O–H groups in total. The molecule has 4 aromatic rings. The highest BCUT2D eigenvalue weighted by molar-refractivity contribution is 7.17. The maximum atomic E-state index is 12.8. The lowest BCUT2D eigenvalue weighted by Gasteiger charge is -2.12. The first-order valence-electron chi connectivity index (χ1n) is 9.14. The van der Waals surface area contributed by atoms with E-state index in [1.807, 2.05) is 35.7 Å². The molecule has 1 aliphatic rings. The first-order valence-corrected chi connectivity index (χ1v) is 10.0. The van der Waals surface area contributed by atoms with Crippen molar-refractivity contribution in [2.24, 2.45) is 0 Å². The van der Waals surface area contributed by atoms with Gasteiger partial charge in [0.25, 0.3) is 23.1 Å². The Hall–Kier alpha value is -4.18. The van der Waals surface area contributed by atoms with Crippen molar-refractivity contribution in [3.8, 4) is 11.1 Å². The normalized spacial score (nSPS) is 13.1. The highest BCUT2D eigenvalue weighted by atomic mass is 32.1. The average Bonchev–Trinajstić information content (AvgIpc) is 3.30. The van der Waals surface area contributed by atoms with Crippen molar-refractivity contribution in [2.45, 2.75) is 6.54 Å². The number of nitro groups is 1. The topological polar surface area (TPSA) is 126 Å². The Morgan fingerprint density at radius 3 is 2.48 bits per heavy atom. The number of nitrogens with one attached hydrogen (secondary N) is 1. The van der Waals surface area contributed by atoms with Gasteiger partial charge in [0, 0.05) is 23.1 Å². The lowest BCUT2D eigenvalue weighted by atomic mass is 10.1. The van der Waals surface area contributed by atoms with Gasteiger partial charge in [0.1, 0.15) is 10.7 Å². The van der Waals surface area contributed by atoms with E-state index < -0.39 is 16.7 Å². The van der Waals surface area contributed by atoms with Crippen LogP contribution in [0.15, 0.2) is 58.7 Å². The number of imide groups is 1. The molecular weight excluding hydrogens is 420 g/mol. The molecule has 31 heavy (non-hydrogen) atoms.